The van der Waals surface area contributed by atoms with Crippen LogP contribution in [-0.2, 0) is 11.0 Å². The molecular formula is C25H25F6N7O2. The molecule has 9 nitrogen and oxygen atoms in total. The number of nitrogens with one attached hydrogen (secondary N) is 1. The van der Waals surface area contributed by atoms with Gasteiger partial charge in [0.05, 0.1) is 35.1 Å². The van der Waals surface area contributed by atoms with Crippen molar-refractivity contribution >= 4 is 23.1 Å². The van der Waals surface area contributed by atoms with Gasteiger partial charge in [-0.3, -0.25) is 14.6 Å². The number of hydrogen-bond acceptors (Lipinski definition) is 6. The monoisotopic (exact) mass is 569 g/mol. The van der Waals surface area contributed by atoms with Crippen LogP contribution in [0, 0.1) is 12.8 Å². The first-order valence-corrected chi connectivity index (χ1v) is 12.5. The van der Waals surface area contributed by atoms with Crippen molar-refractivity contribution in [3.63, 3.8) is 0 Å². The van der Waals surface area contributed by atoms with Crippen LogP contribution in [0.3, 0.4) is 0 Å². The molecule has 1 saturated carbocycles. The molecule has 2 aliphatic rings. The predicted molar refractivity (Wildman–Crippen MR) is 130 cm³/mol. The summed E-state index contributed by atoms with van der Waals surface area (Å²) in [5.41, 5.74) is 4.47. The Morgan fingerprint density at radius 1 is 1.12 bits per heavy atom. The van der Waals surface area contributed by atoms with Crippen molar-refractivity contribution in [2.75, 3.05) is 18.8 Å². The van der Waals surface area contributed by atoms with Gasteiger partial charge in [0.1, 0.15) is 18.0 Å². The molecule has 1 aliphatic carbocycles. The highest BCUT2D eigenvalue weighted by atomic mass is 19.4. The molecule has 1 saturated heterocycles. The Bertz CT molecular complexity index is 1460. The number of amides is 2. The highest BCUT2D eigenvalue weighted by Crippen LogP contribution is 2.39. The maximum absolute atomic E-state index is 14.9. The van der Waals surface area contributed by atoms with Crippen LogP contribution in [-0.4, -0.2) is 67.5 Å². The summed E-state index contributed by atoms with van der Waals surface area (Å²) in [5, 5.41) is 6.42. The van der Waals surface area contributed by atoms with Crippen LogP contribution in [0.25, 0.3) is 16.8 Å². The van der Waals surface area contributed by atoms with E-state index in [-0.39, 0.29) is 54.3 Å². The van der Waals surface area contributed by atoms with Crippen molar-refractivity contribution < 1.29 is 35.9 Å². The van der Waals surface area contributed by atoms with Crippen LogP contribution in [0.1, 0.15) is 47.3 Å². The van der Waals surface area contributed by atoms with Crippen LogP contribution in [0.5, 0.6) is 0 Å². The second kappa shape index (κ2) is 9.93. The van der Waals surface area contributed by atoms with E-state index >= 15 is 0 Å². The molecule has 2 fully saturated rings. The van der Waals surface area contributed by atoms with Crippen molar-refractivity contribution in [3.8, 4) is 11.3 Å². The zero-order chi connectivity index (χ0) is 29.0. The number of fused-ring (bicyclic) bond motifs is 1. The first-order valence-electron chi connectivity index (χ1n) is 12.5. The number of pyridine rings is 1. The van der Waals surface area contributed by atoms with Gasteiger partial charge in [-0.05, 0) is 31.9 Å². The predicted octanol–water partition coefficient (Wildman–Crippen LogP) is 3.80. The van der Waals surface area contributed by atoms with Gasteiger partial charge >= 0.3 is 6.18 Å². The normalized spacial score (nSPS) is 21.6. The molecule has 214 valence electrons. The van der Waals surface area contributed by atoms with Crippen molar-refractivity contribution in [3.05, 3.63) is 41.5 Å². The number of likely N-dealkylation sites (tertiary alicyclic amines) is 1. The lowest BCUT2D eigenvalue weighted by Crippen LogP contribution is -2.43. The number of halogens is 6. The van der Waals surface area contributed by atoms with Gasteiger partial charge in [-0.1, -0.05) is 0 Å². The van der Waals surface area contributed by atoms with Gasteiger partial charge in [0.2, 0.25) is 11.8 Å². The molecule has 0 radical (unpaired) electrons. The Hall–Kier alpha value is -3.91. The SMILES string of the molecule is Cc1ncc(-c2cc(C(F)(F)F)c3c(N)ncnn23)cc1C(=O)NC1CN(C(=O)C2CCC(F)(F)CC2)C[C@@H]1F. The Morgan fingerprint density at radius 3 is 2.50 bits per heavy atom. The summed E-state index contributed by atoms with van der Waals surface area (Å²) in [6.45, 7) is 1.08. The van der Waals surface area contributed by atoms with Crippen LogP contribution in [0.2, 0.25) is 0 Å². The average Bonchev–Trinajstić information content (AvgIpc) is 3.46. The zero-order valence-corrected chi connectivity index (χ0v) is 21.2. The van der Waals surface area contributed by atoms with Crippen molar-refractivity contribution in [1.82, 2.24) is 29.8 Å². The summed E-state index contributed by atoms with van der Waals surface area (Å²) < 4.78 is 83.8. The summed E-state index contributed by atoms with van der Waals surface area (Å²) in [5.74, 6) is -4.97. The summed E-state index contributed by atoms with van der Waals surface area (Å²) in [7, 11) is 0. The molecular weight excluding hydrogens is 544 g/mol. The summed E-state index contributed by atoms with van der Waals surface area (Å²) in [4.78, 5) is 35.0. The highest BCUT2D eigenvalue weighted by Gasteiger charge is 2.43. The smallest absolute Gasteiger partial charge is 0.382 e. The molecule has 3 aromatic heterocycles. The maximum atomic E-state index is 14.9. The molecule has 1 aliphatic heterocycles. The number of nitrogen functional groups attached to an aromatic ring is 1. The van der Waals surface area contributed by atoms with E-state index in [4.69, 9.17) is 5.73 Å². The van der Waals surface area contributed by atoms with E-state index in [9.17, 15) is 35.9 Å². The summed E-state index contributed by atoms with van der Waals surface area (Å²) in [6, 6.07) is 1.07. The fourth-order valence-electron chi connectivity index (χ4n) is 5.26. The van der Waals surface area contributed by atoms with E-state index in [1.54, 1.807) is 0 Å². The molecule has 3 N–H and O–H groups in total. The average molecular weight is 570 g/mol. The molecule has 0 aromatic carbocycles. The van der Waals surface area contributed by atoms with Crippen LogP contribution in [0.4, 0.5) is 32.2 Å². The summed E-state index contributed by atoms with van der Waals surface area (Å²) >= 11 is 0. The number of aromatic nitrogens is 4. The Morgan fingerprint density at radius 2 is 1.82 bits per heavy atom. The fourth-order valence-corrected chi connectivity index (χ4v) is 5.26. The molecule has 0 spiro atoms. The van der Waals surface area contributed by atoms with Gasteiger partial charge < -0.3 is 16.0 Å². The van der Waals surface area contributed by atoms with Crippen molar-refractivity contribution in [2.45, 2.75) is 56.9 Å². The van der Waals surface area contributed by atoms with Gasteiger partial charge in [-0.15, -0.1) is 0 Å². The molecule has 1 unspecified atom stereocenters. The van der Waals surface area contributed by atoms with E-state index < -0.39 is 66.0 Å². The van der Waals surface area contributed by atoms with Crippen LogP contribution in [0.15, 0.2) is 24.7 Å². The van der Waals surface area contributed by atoms with Crippen molar-refractivity contribution in [2.24, 2.45) is 5.92 Å². The van der Waals surface area contributed by atoms with Crippen LogP contribution >= 0.6 is 0 Å². The van der Waals surface area contributed by atoms with Crippen LogP contribution < -0.4 is 11.1 Å². The lowest BCUT2D eigenvalue weighted by Gasteiger charge is -2.30. The van der Waals surface area contributed by atoms with Gasteiger partial charge in [0, 0.05) is 37.1 Å². The van der Waals surface area contributed by atoms with E-state index in [1.807, 2.05) is 0 Å². The second-order valence-electron chi connectivity index (χ2n) is 10.2. The molecule has 5 rings (SSSR count). The number of rotatable bonds is 4. The van der Waals surface area contributed by atoms with Gasteiger partial charge in [0.15, 0.2) is 5.82 Å². The molecule has 0 bridgehead atoms. The topological polar surface area (TPSA) is 119 Å². The van der Waals surface area contributed by atoms with Gasteiger partial charge in [0.25, 0.3) is 5.91 Å². The minimum Gasteiger partial charge on any atom is -0.382 e. The van der Waals surface area contributed by atoms with Gasteiger partial charge in [-0.2, -0.15) is 18.3 Å². The lowest BCUT2D eigenvalue weighted by atomic mass is 9.86. The minimum absolute atomic E-state index is 0.00894. The number of alkyl halides is 6. The van der Waals surface area contributed by atoms with E-state index in [0.29, 0.717) is 0 Å². The standard InChI is InChI=1S/C25H25F6N7O2/c1-12-15(6-14(8-33-12)19-7-16(25(29,30)31)20-21(32)34-11-35-38(19)20)22(39)36-18-10-37(9-17(18)26)23(40)13-2-4-24(27,28)5-3-13/h6-8,11,13,17-18H,2-5,9-10H2,1H3,(H,36,39)(H2,32,34,35)/t17-,18?/m0/s1. The molecule has 3 aromatic rings. The number of anilines is 1. The van der Waals surface area contributed by atoms with E-state index in [1.165, 1.54) is 24.1 Å². The number of carbonyl (C=O) groups is 2. The molecule has 15 heteroatoms. The minimum atomic E-state index is -4.76. The van der Waals surface area contributed by atoms with Gasteiger partial charge in [-0.25, -0.2) is 22.7 Å². The second-order valence-corrected chi connectivity index (χ2v) is 10.2. The van der Waals surface area contributed by atoms with Crippen molar-refractivity contribution in [1.29, 1.82) is 0 Å². The fraction of sp³-hybridized carbons (Fsp3) is 0.480. The Balaban J connectivity index is 1.36. The Kier molecular flexibility index (Phi) is 6.86. The largest absolute Gasteiger partial charge is 0.418 e. The number of aryl methyl sites for hydroxylation is 1. The first kappa shape index (κ1) is 27.6. The first-order chi connectivity index (χ1) is 18.7. The number of nitrogens with two attached hydrogens (primary N) is 1. The number of nitrogens with zero attached hydrogens (tertiary/aromatic N) is 5. The Labute approximate surface area is 223 Å². The molecule has 4 heterocycles. The van der Waals surface area contributed by atoms with E-state index in [2.05, 4.69) is 20.4 Å². The summed E-state index contributed by atoms with van der Waals surface area (Å²) in [6.07, 6.45) is -4.88. The highest BCUT2D eigenvalue weighted by molar-refractivity contribution is 5.97. The lowest BCUT2D eigenvalue weighted by molar-refractivity contribution is -0.139. The number of hydrogen-bond donors (Lipinski definition) is 2. The number of carbonyl (C=O) groups excluding carboxylic acids is 2. The quantitative estimate of drug-likeness (QED) is 0.462. The molecule has 2 atom stereocenters. The van der Waals surface area contributed by atoms with E-state index in [0.717, 1.165) is 16.9 Å². The third-order valence-electron chi connectivity index (χ3n) is 7.46. The zero-order valence-electron chi connectivity index (χ0n) is 21.2. The maximum Gasteiger partial charge on any atom is 0.418 e. The third-order valence-corrected chi connectivity index (χ3v) is 7.46. The molecule has 40 heavy (non-hydrogen) atoms. The third kappa shape index (κ3) is 5.16. The molecule has 2 amide bonds.